The molecule has 44 heavy (non-hydrogen) atoms. The highest BCUT2D eigenvalue weighted by Gasteiger charge is 2.27. The van der Waals surface area contributed by atoms with Crippen LogP contribution in [0.5, 0.6) is 0 Å². The maximum atomic E-state index is 14.0. The zero-order valence-electron chi connectivity index (χ0n) is 24.8. The first kappa shape index (κ1) is 30.4. The molecule has 5 aromatic rings. The maximum absolute atomic E-state index is 14.0. The van der Waals surface area contributed by atoms with Crippen LogP contribution in [0.4, 0.5) is 10.5 Å². The number of ether oxygens (including phenoxy) is 1. The van der Waals surface area contributed by atoms with Crippen molar-refractivity contribution in [3.8, 4) is 0 Å². The second kappa shape index (κ2) is 13.5. The van der Waals surface area contributed by atoms with Crippen LogP contribution in [0.1, 0.15) is 63.7 Å². The number of Topliss-reactive ketones (excluding diaryl/α,β-unsaturated/α-hetero) is 1. The van der Waals surface area contributed by atoms with Gasteiger partial charge < -0.3 is 20.7 Å². The molecule has 0 spiro atoms. The molecule has 0 radical (unpaired) electrons. The van der Waals surface area contributed by atoms with Gasteiger partial charge in [0.15, 0.2) is 5.01 Å². The summed E-state index contributed by atoms with van der Waals surface area (Å²) >= 11 is 1.29. The summed E-state index contributed by atoms with van der Waals surface area (Å²) in [4.78, 5) is 43.8. The molecule has 0 saturated carbocycles. The molecule has 5 rings (SSSR count). The van der Waals surface area contributed by atoms with E-state index in [4.69, 9.17) is 4.74 Å². The summed E-state index contributed by atoms with van der Waals surface area (Å²) in [5.41, 5.74) is 4.06. The molecule has 224 valence electrons. The molecule has 1 unspecified atom stereocenters. The number of benzene rings is 4. The summed E-state index contributed by atoms with van der Waals surface area (Å²) in [7, 11) is 0. The number of hydrogen-bond donors (Lipinski definition) is 3. The van der Waals surface area contributed by atoms with Crippen LogP contribution in [0.15, 0.2) is 103 Å². The van der Waals surface area contributed by atoms with E-state index < -0.39 is 17.7 Å². The number of nitrogens with zero attached hydrogens (tertiary/aromatic N) is 1. The van der Waals surface area contributed by atoms with E-state index in [1.807, 2.05) is 54.6 Å². The minimum absolute atomic E-state index is 0.253. The van der Waals surface area contributed by atoms with E-state index in [1.165, 1.54) is 11.3 Å². The number of amides is 2. The quantitative estimate of drug-likeness (QED) is 0.144. The Hall–Kier alpha value is -5.02. The fourth-order valence-electron chi connectivity index (χ4n) is 4.48. The average Bonchev–Trinajstić information content (AvgIpc) is 3.45. The number of alkyl carbamates (subject to hydrolysis) is 1. The third-order valence-corrected chi connectivity index (χ3v) is 7.69. The minimum Gasteiger partial charge on any atom is -0.444 e. The van der Waals surface area contributed by atoms with Crippen molar-refractivity contribution in [2.75, 3.05) is 5.32 Å². The summed E-state index contributed by atoms with van der Waals surface area (Å²) in [6.07, 6.45) is -0.515. The number of carbonyl (C=O) groups excluding carboxylic acids is 3. The molecule has 9 heteroatoms. The molecule has 3 N–H and O–H groups in total. The van der Waals surface area contributed by atoms with Crippen LogP contribution >= 0.6 is 11.3 Å². The summed E-state index contributed by atoms with van der Waals surface area (Å²) in [6.45, 7) is 6.33. The Balaban J connectivity index is 1.36. The molecule has 0 fully saturated rings. The molecular weight excluding hydrogens is 572 g/mol. The van der Waals surface area contributed by atoms with Crippen molar-refractivity contribution in [1.29, 1.82) is 0 Å². The lowest BCUT2D eigenvalue weighted by Gasteiger charge is -2.20. The molecule has 4 aromatic carbocycles. The van der Waals surface area contributed by atoms with Gasteiger partial charge in [-0.3, -0.25) is 9.59 Å². The molecule has 0 aliphatic carbocycles. The number of thiazole rings is 1. The van der Waals surface area contributed by atoms with Crippen LogP contribution in [0.25, 0.3) is 10.2 Å². The molecule has 0 bridgehead atoms. The Morgan fingerprint density at radius 3 is 2.16 bits per heavy atom. The maximum Gasteiger partial charge on any atom is 0.407 e. The number of aromatic nitrogens is 1. The van der Waals surface area contributed by atoms with E-state index in [0.717, 1.165) is 21.5 Å². The van der Waals surface area contributed by atoms with Crippen LogP contribution in [0.2, 0.25) is 0 Å². The number of hydrogen-bond acceptors (Lipinski definition) is 7. The van der Waals surface area contributed by atoms with Gasteiger partial charge in [-0.05, 0) is 67.8 Å². The van der Waals surface area contributed by atoms with E-state index in [0.29, 0.717) is 28.2 Å². The van der Waals surface area contributed by atoms with Crippen LogP contribution in [0.3, 0.4) is 0 Å². The standard InChI is InChI=1S/C35H34N4O4S/c1-35(2,3)43-34(42)37-22-24-14-16-25(17-15-24)30(39-32(41)26-12-8-5-9-13-26)31(40)33-38-28-19-18-27(20-29(28)44-33)36-21-23-10-6-4-7-11-23/h4-20,30,36H,21-22H2,1-3H3,(H,37,42)(H,39,41). The van der Waals surface area contributed by atoms with Crippen molar-refractivity contribution in [1.82, 2.24) is 15.6 Å². The predicted octanol–water partition coefficient (Wildman–Crippen LogP) is 7.29. The van der Waals surface area contributed by atoms with Gasteiger partial charge in [0.05, 0.1) is 10.2 Å². The number of carbonyl (C=O) groups is 3. The third kappa shape index (κ3) is 8.08. The van der Waals surface area contributed by atoms with Crippen LogP contribution in [-0.2, 0) is 17.8 Å². The van der Waals surface area contributed by atoms with Gasteiger partial charge in [-0.1, -0.05) is 72.8 Å². The van der Waals surface area contributed by atoms with Gasteiger partial charge in [-0.15, -0.1) is 11.3 Å². The monoisotopic (exact) mass is 606 g/mol. The topological polar surface area (TPSA) is 109 Å². The molecule has 0 aliphatic rings. The van der Waals surface area contributed by atoms with E-state index in [2.05, 4.69) is 33.1 Å². The number of ketones is 1. The number of fused-ring (bicyclic) bond motifs is 1. The molecule has 2 amide bonds. The van der Waals surface area contributed by atoms with Crippen LogP contribution < -0.4 is 16.0 Å². The van der Waals surface area contributed by atoms with Gasteiger partial charge >= 0.3 is 6.09 Å². The van der Waals surface area contributed by atoms with E-state index in [-0.39, 0.29) is 18.2 Å². The largest absolute Gasteiger partial charge is 0.444 e. The Morgan fingerprint density at radius 2 is 1.48 bits per heavy atom. The van der Waals surface area contributed by atoms with Crippen molar-refractivity contribution >= 4 is 45.0 Å². The Labute approximate surface area is 260 Å². The van der Waals surface area contributed by atoms with Gasteiger partial charge in [-0.2, -0.15) is 0 Å². The Kier molecular flexibility index (Phi) is 9.35. The Bertz CT molecular complexity index is 1750. The van der Waals surface area contributed by atoms with E-state index in [9.17, 15) is 14.4 Å². The third-order valence-electron chi connectivity index (χ3n) is 6.66. The fraction of sp³-hybridized carbons (Fsp3) is 0.200. The summed E-state index contributed by atoms with van der Waals surface area (Å²) in [6, 6.07) is 30.9. The van der Waals surface area contributed by atoms with Crippen LogP contribution in [0, 0.1) is 0 Å². The molecule has 8 nitrogen and oxygen atoms in total. The van der Waals surface area contributed by atoms with E-state index >= 15 is 0 Å². The lowest BCUT2D eigenvalue weighted by Crippen LogP contribution is -2.34. The average molecular weight is 607 g/mol. The first-order valence-corrected chi connectivity index (χ1v) is 15.1. The second-order valence-electron chi connectivity index (χ2n) is 11.3. The molecule has 1 heterocycles. The summed E-state index contributed by atoms with van der Waals surface area (Å²) < 4.78 is 6.17. The molecule has 1 aromatic heterocycles. The predicted molar refractivity (Wildman–Crippen MR) is 174 cm³/mol. The Morgan fingerprint density at radius 1 is 0.818 bits per heavy atom. The lowest BCUT2D eigenvalue weighted by molar-refractivity contribution is 0.0523. The lowest BCUT2D eigenvalue weighted by atomic mass is 10.0. The number of anilines is 1. The zero-order valence-corrected chi connectivity index (χ0v) is 25.6. The van der Waals surface area contributed by atoms with Gasteiger partial charge in [0, 0.05) is 24.3 Å². The highest BCUT2D eigenvalue weighted by atomic mass is 32.1. The van der Waals surface area contributed by atoms with Gasteiger partial charge in [0.2, 0.25) is 5.78 Å². The highest BCUT2D eigenvalue weighted by molar-refractivity contribution is 7.20. The zero-order chi connectivity index (χ0) is 31.1. The summed E-state index contributed by atoms with van der Waals surface area (Å²) in [5.74, 6) is -0.679. The van der Waals surface area contributed by atoms with Crippen molar-refractivity contribution in [2.45, 2.75) is 45.5 Å². The minimum atomic E-state index is -0.966. The van der Waals surface area contributed by atoms with E-state index in [1.54, 1.807) is 57.2 Å². The number of nitrogens with one attached hydrogen (secondary N) is 3. The van der Waals surface area contributed by atoms with Gasteiger partial charge in [-0.25, -0.2) is 9.78 Å². The van der Waals surface area contributed by atoms with Crippen molar-refractivity contribution in [3.05, 3.63) is 130 Å². The van der Waals surface area contributed by atoms with Gasteiger partial charge in [0.1, 0.15) is 11.6 Å². The fourth-order valence-corrected chi connectivity index (χ4v) is 5.46. The molecule has 1 atom stereocenters. The van der Waals surface area contributed by atoms with Gasteiger partial charge in [0.25, 0.3) is 5.91 Å². The smallest absolute Gasteiger partial charge is 0.407 e. The SMILES string of the molecule is CC(C)(C)OC(=O)NCc1ccc(C(NC(=O)c2ccccc2)C(=O)c2nc3ccc(NCc4ccccc4)cc3s2)cc1. The summed E-state index contributed by atoms with van der Waals surface area (Å²) in [5, 5.41) is 9.37. The normalized spacial score (nSPS) is 11.9. The number of rotatable bonds is 10. The van der Waals surface area contributed by atoms with Crippen molar-refractivity contribution < 1.29 is 19.1 Å². The van der Waals surface area contributed by atoms with Crippen molar-refractivity contribution in [3.63, 3.8) is 0 Å². The molecular formula is C35H34N4O4S. The first-order valence-electron chi connectivity index (χ1n) is 14.3. The molecule has 0 saturated heterocycles. The second-order valence-corrected chi connectivity index (χ2v) is 12.3. The molecule has 0 aliphatic heterocycles. The first-order chi connectivity index (χ1) is 21.1. The highest BCUT2D eigenvalue weighted by Crippen LogP contribution is 2.29. The van der Waals surface area contributed by atoms with Crippen LogP contribution in [-0.4, -0.2) is 28.4 Å². The van der Waals surface area contributed by atoms with Crippen molar-refractivity contribution in [2.24, 2.45) is 0 Å².